The summed E-state index contributed by atoms with van der Waals surface area (Å²) in [5.41, 5.74) is 1.25. The summed E-state index contributed by atoms with van der Waals surface area (Å²) in [6.45, 7) is 2.13. The first kappa shape index (κ1) is 14.2. The highest BCUT2D eigenvalue weighted by molar-refractivity contribution is 5.92. The zero-order chi connectivity index (χ0) is 15.4. The number of nitrogens with one attached hydrogen (secondary N) is 1. The largest absolute Gasteiger partial charge is 0.365 e. The lowest BCUT2D eigenvalue weighted by molar-refractivity contribution is -0.132. The van der Waals surface area contributed by atoms with Gasteiger partial charge in [-0.3, -0.25) is 14.6 Å². The molecule has 7 nitrogen and oxygen atoms in total. The summed E-state index contributed by atoms with van der Waals surface area (Å²) in [7, 11) is 0. The van der Waals surface area contributed by atoms with Crippen LogP contribution in [0.15, 0.2) is 36.9 Å². The predicted octanol–water partition coefficient (Wildman–Crippen LogP) is 0.332. The SMILES string of the molecule is O=C(Cc1ccc[nH]1)N1CCN(C(=O)c2cnccn2)CC1. The lowest BCUT2D eigenvalue weighted by Crippen LogP contribution is -2.51. The van der Waals surface area contributed by atoms with Crippen LogP contribution in [0, 0.1) is 0 Å². The summed E-state index contributed by atoms with van der Waals surface area (Å²) >= 11 is 0. The Hall–Kier alpha value is -2.70. The third-order valence-electron chi connectivity index (χ3n) is 3.71. The number of aromatic nitrogens is 3. The Morgan fingerprint density at radius 1 is 1.14 bits per heavy atom. The summed E-state index contributed by atoms with van der Waals surface area (Å²) in [6, 6.07) is 3.77. The van der Waals surface area contributed by atoms with Crippen LogP contribution in [0.5, 0.6) is 0 Å². The van der Waals surface area contributed by atoms with Gasteiger partial charge in [0.15, 0.2) is 0 Å². The minimum Gasteiger partial charge on any atom is -0.365 e. The van der Waals surface area contributed by atoms with Crippen LogP contribution < -0.4 is 0 Å². The van der Waals surface area contributed by atoms with E-state index in [-0.39, 0.29) is 11.8 Å². The Balaban J connectivity index is 1.54. The third kappa shape index (κ3) is 3.13. The molecule has 0 aromatic carbocycles. The van der Waals surface area contributed by atoms with E-state index in [1.54, 1.807) is 16.0 Å². The molecule has 0 aliphatic carbocycles. The molecule has 2 amide bonds. The molecule has 22 heavy (non-hydrogen) atoms. The molecular formula is C15H17N5O2. The summed E-state index contributed by atoms with van der Waals surface area (Å²) in [5, 5.41) is 0. The normalized spacial score (nSPS) is 14.9. The summed E-state index contributed by atoms with van der Waals surface area (Å²) < 4.78 is 0. The zero-order valence-electron chi connectivity index (χ0n) is 12.1. The first-order valence-corrected chi connectivity index (χ1v) is 7.19. The number of hydrogen-bond donors (Lipinski definition) is 1. The summed E-state index contributed by atoms with van der Waals surface area (Å²) in [6.07, 6.45) is 6.67. The second-order valence-corrected chi connectivity index (χ2v) is 5.14. The van der Waals surface area contributed by atoms with Crippen molar-refractivity contribution in [3.05, 3.63) is 48.3 Å². The van der Waals surface area contributed by atoms with E-state index in [1.807, 2.05) is 12.1 Å². The van der Waals surface area contributed by atoms with Gasteiger partial charge < -0.3 is 14.8 Å². The van der Waals surface area contributed by atoms with Crippen molar-refractivity contribution in [2.75, 3.05) is 26.2 Å². The van der Waals surface area contributed by atoms with Crippen LogP contribution in [0.4, 0.5) is 0 Å². The number of rotatable bonds is 3. The van der Waals surface area contributed by atoms with Crippen molar-refractivity contribution < 1.29 is 9.59 Å². The summed E-state index contributed by atoms with van der Waals surface area (Å²) in [4.78, 5) is 38.9. The number of H-pyrrole nitrogens is 1. The van der Waals surface area contributed by atoms with Crippen molar-refractivity contribution >= 4 is 11.8 Å². The fourth-order valence-electron chi connectivity index (χ4n) is 2.48. The molecule has 1 aliphatic heterocycles. The minimum atomic E-state index is -0.135. The molecule has 7 heteroatoms. The maximum Gasteiger partial charge on any atom is 0.274 e. The van der Waals surface area contributed by atoms with Gasteiger partial charge in [0.2, 0.25) is 5.91 Å². The van der Waals surface area contributed by atoms with E-state index in [0.717, 1.165) is 5.69 Å². The minimum absolute atomic E-state index is 0.0778. The molecule has 1 fully saturated rings. The Bertz CT molecular complexity index is 633. The molecule has 0 saturated carbocycles. The number of aromatic amines is 1. The van der Waals surface area contributed by atoms with Crippen molar-refractivity contribution in [1.82, 2.24) is 24.8 Å². The average Bonchev–Trinajstić information content (AvgIpc) is 3.08. The second kappa shape index (κ2) is 6.38. The van der Waals surface area contributed by atoms with Gasteiger partial charge in [-0.1, -0.05) is 0 Å². The topological polar surface area (TPSA) is 82.2 Å². The van der Waals surface area contributed by atoms with Gasteiger partial charge in [0.25, 0.3) is 5.91 Å². The fourth-order valence-corrected chi connectivity index (χ4v) is 2.48. The molecule has 0 unspecified atom stereocenters. The van der Waals surface area contributed by atoms with E-state index >= 15 is 0 Å². The van der Waals surface area contributed by atoms with Crippen LogP contribution in [0.3, 0.4) is 0 Å². The lowest BCUT2D eigenvalue weighted by atomic mass is 10.2. The van der Waals surface area contributed by atoms with Crippen LogP contribution in [-0.2, 0) is 11.2 Å². The first-order valence-electron chi connectivity index (χ1n) is 7.19. The average molecular weight is 299 g/mol. The zero-order valence-corrected chi connectivity index (χ0v) is 12.1. The lowest BCUT2D eigenvalue weighted by Gasteiger charge is -2.34. The maximum absolute atomic E-state index is 12.2. The highest BCUT2D eigenvalue weighted by Crippen LogP contribution is 2.08. The van der Waals surface area contributed by atoms with Gasteiger partial charge in [-0.2, -0.15) is 0 Å². The quantitative estimate of drug-likeness (QED) is 0.885. The van der Waals surface area contributed by atoms with Gasteiger partial charge in [-0.15, -0.1) is 0 Å². The molecule has 3 rings (SSSR count). The highest BCUT2D eigenvalue weighted by Gasteiger charge is 2.25. The van der Waals surface area contributed by atoms with Gasteiger partial charge in [0.05, 0.1) is 12.6 Å². The molecule has 0 bridgehead atoms. The van der Waals surface area contributed by atoms with Crippen molar-refractivity contribution in [1.29, 1.82) is 0 Å². The Labute approximate surface area is 128 Å². The fraction of sp³-hybridized carbons (Fsp3) is 0.333. The molecule has 0 spiro atoms. The number of carbonyl (C=O) groups is 2. The maximum atomic E-state index is 12.2. The number of nitrogens with zero attached hydrogens (tertiary/aromatic N) is 4. The van der Waals surface area contributed by atoms with Gasteiger partial charge >= 0.3 is 0 Å². The van der Waals surface area contributed by atoms with Crippen LogP contribution in [0.25, 0.3) is 0 Å². The van der Waals surface area contributed by atoms with Crippen LogP contribution >= 0.6 is 0 Å². The monoisotopic (exact) mass is 299 g/mol. The van der Waals surface area contributed by atoms with Crippen molar-refractivity contribution in [3.63, 3.8) is 0 Å². The predicted molar refractivity (Wildman–Crippen MR) is 79.0 cm³/mol. The standard InChI is InChI=1S/C15H17N5O2/c21-14(10-12-2-1-3-17-12)19-6-8-20(9-7-19)15(22)13-11-16-4-5-18-13/h1-5,11,17H,6-10H2. The molecule has 0 radical (unpaired) electrons. The Morgan fingerprint density at radius 3 is 2.55 bits per heavy atom. The van der Waals surface area contributed by atoms with Crippen LogP contribution in [-0.4, -0.2) is 62.7 Å². The van der Waals surface area contributed by atoms with E-state index in [2.05, 4.69) is 15.0 Å². The number of hydrogen-bond acceptors (Lipinski definition) is 4. The van der Waals surface area contributed by atoms with E-state index in [1.165, 1.54) is 18.6 Å². The van der Waals surface area contributed by atoms with Gasteiger partial charge in [-0.25, -0.2) is 4.98 Å². The molecular weight excluding hydrogens is 282 g/mol. The highest BCUT2D eigenvalue weighted by atomic mass is 16.2. The molecule has 114 valence electrons. The Kier molecular flexibility index (Phi) is 4.13. The Morgan fingerprint density at radius 2 is 1.91 bits per heavy atom. The second-order valence-electron chi connectivity index (χ2n) is 5.14. The molecule has 3 heterocycles. The van der Waals surface area contributed by atoms with E-state index < -0.39 is 0 Å². The molecule has 2 aromatic rings. The van der Waals surface area contributed by atoms with Gasteiger partial charge in [-0.05, 0) is 12.1 Å². The first-order chi connectivity index (χ1) is 10.7. The van der Waals surface area contributed by atoms with E-state index in [9.17, 15) is 9.59 Å². The smallest absolute Gasteiger partial charge is 0.274 e. The molecule has 1 saturated heterocycles. The van der Waals surface area contributed by atoms with Gasteiger partial charge in [0.1, 0.15) is 5.69 Å². The summed E-state index contributed by atoms with van der Waals surface area (Å²) in [5.74, 6) is -0.0568. The van der Waals surface area contributed by atoms with E-state index in [4.69, 9.17) is 0 Å². The number of amides is 2. The van der Waals surface area contributed by atoms with Crippen molar-refractivity contribution in [2.45, 2.75) is 6.42 Å². The molecule has 0 atom stereocenters. The molecule has 2 aromatic heterocycles. The third-order valence-corrected chi connectivity index (χ3v) is 3.71. The number of carbonyl (C=O) groups excluding carboxylic acids is 2. The van der Waals surface area contributed by atoms with Crippen LogP contribution in [0.1, 0.15) is 16.2 Å². The molecule has 1 aliphatic rings. The van der Waals surface area contributed by atoms with E-state index in [0.29, 0.717) is 38.3 Å². The van der Waals surface area contributed by atoms with Crippen LogP contribution in [0.2, 0.25) is 0 Å². The van der Waals surface area contributed by atoms with Gasteiger partial charge in [0, 0.05) is 50.5 Å². The van der Waals surface area contributed by atoms with Crippen molar-refractivity contribution in [2.24, 2.45) is 0 Å². The number of piperazine rings is 1. The molecule has 1 N–H and O–H groups in total. The van der Waals surface area contributed by atoms with Crippen molar-refractivity contribution in [3.8, 4) is 0 Å².